The largest absolute Gasteiger partial charge is 0.504 e. The average molecular weight is 222 g/mol. The Morgan fingerprint density at radius 2 is 1.81 bits per heavy atom. The van der Waals surface area contributed by atoms with Gasteiger partial charge >= 0.3 is 5.97 Å². The van der Waals surface area contributed by atoms with Gasteiger partial charge in [0.2, 0.25) is 0 Å². The first-order valence-corrected chi connectivity index (χ1v) is 4.83. The number of carboxylic acids is 1. The zero-order chi connectivity index (χ0) is 12.3. The van der Waals surface area contributed by atoms with Crippen LogP contribution in [0, 0.1) is 0 Å². The second-order valence-electron chi connectivity index (χ2n) is 3.79. The van der Waals surface area contributed by atoms with E-state index < -0.39 is 11.7 Å². The second-order valence-corrected chi connectivity index (χ2v) is 3.79. The monoisotopic (exact) mass is 222 g/mol. The number of benzene rings is 1. The summed E-state index contributed by atoms with van der Waals surface area (Å²) < 4.78 is 0. The number of carbonyl (C=O) groups is 1. The van der Waals surface area contributed by atoms with Crippen molar-refractivity contribution in [3.05, 3.63) is 34.9 Å². The predicted octanol–water partition coefficient (Wildman–Crippen LogP) is 2.30. The van der Waals surface area contributed by atoms with E-state index in [1.165, 1.54) is 6.07 Å². The Morgan fingerprint density at radius 1 is 1.25 bits per heavy atom. The van der Waals surface area contributed by atoms with Crippen molar-refractivity contribution in [1.82, 2.24) is 0 Å². The van der Waals surface area contributed by atoms with Gasteiger partial charge in [-0.3, -0.25) is 0 Å². The van der Waals surface area contributed by atoms with Crippen LogP contribution in [0.1, 0.15) is 29.8 Å². The number of aromatic carboxylic acids is 1. The fourth-order valence-electron chi connectivity index (χ4n) is 1.30. The van der Waals surface area contributed by atoms with Crippen LogP contribution >= 0.6 is 0 Å². The van der Waals surface area contributed by atoms with Crippen molar-refractivity contribution in [2.75, 3.05) is 0 Å². The maximum absolute atomic E-state index is 10.9. The molecule has 0 saturated heterocycles. The zero-order valence-corrected chi connectivity index (χ0v) is 9.19. The molecular weight excluding hydrogens is 208 g/mol. The van der Waals surface area contributed by atoms with Gasteiger partial charge in [0.15, 0.2) is 11.5 Å². The topological polar surface area (TPSA) is 77.8 Å². The highest BCUT2D eigenvalue weighted by Gasteiger charge is 2.13. The molecule has 0 atom stereocenters. The molecule has 0 aliphatic heterocycles. The van der Waals surface area contributed by atoms with Crippen molar-refractivity contribution in [3.8, 4) is 11.5 Å². The van der Waals surface area contributed by atoms with E-state index in [-0.39, 0.29) is 11.3 Å². The van der Waals surface area contributed by atoms with Crippen LogP contribution in [0.2, 0.25) is 0 Å². The number of hydrogen-bond acceptors (Lipinski definition) is 3. The van der Waals surface area contributed by atoms with Crippen LogP contribution in [0.25, 0.3) is 0 Å². The van der Waals surface area contributed by atoms with E-state index in [4.69, 9.17) is 5.11 Å². The van der Waals surface area contributed by atoms with Gasteiger partial charge in [0, 0.05) is 0 Å². The Bertz CT molecular complexity index is 443. The van der Waals surface area contributed by atoms with E-state index in [2.05, 4.69) is 0 Å². The third-order valence-corrected chi connectivity index (χ3v) is 2.16. The molecule has 0 bridgehead atoms. The molecule has 0 spiro atoms. The van der Waals surface area contributed by atoms with Crippen molar-refractivity contribution in [2.24, 2.45) is 0 Å². The molecule has 0 aliphatic carbocycles. The van der Waals surface area contributed by atoms with Crippen LogP contribution in [0.4, 0.5) is 0 Å². The minimum atomic E-state index is -1.12. The minimum absolute atomic E-state index is 0.00722. The molecule has 1 aromatic rings. The zero-order valence-electron chi connectivity index (χ0n) is 9.19. The molecule has 0 fully saturated rings. The number of phenols is 2. The lowest BCUT2D eigenvalue weighted by Crippen LogP contribution is -2.01. The quantitative estimate of drug-likeness (QED) is 0.541. The second kappa shape index (κ2) is 4.70. The summed E-state index contributed by atoms with van der Waals surface area (Å²) in [6, 6.07) is 2.34. The molecule has 0 saturated carbocycles. The van der Waals surface area contributed by atoms with Gasteiger partial charge in [-0.15, -0.1) is 0 Å². The van der Waals surface area contributed by atoms with E-state index >= 15 is 0 Å². The molecule has 0 aromatic heterocycles. The van der Waals surface area contributed by atoms with Crippen LogP contribution in [-0.4, -0.2) is 21.3 Å². The summed E-state index contributed by atoms with van der Waals surface area (Å²) in [4.78, 5) is 10.9. The number of rotatable bonds is 3. The Labute approximate surface area is 93.5 Å². The summed E-state index contributed by atoms with van der Waals surface area (Å²) in [5.74, 6) is -1.84. The molecule has 4 nitrogen and oxygen atoms in total. The highest BCUT2D eigenvalue weighted by Crippen LogP contribution is 2.28. The van der Waals surface area contributed by atoms with Crippen molar-refractivity contribution >= 4 is 5.97 Å². The van der Waals surface area contributed by atoms with Gasteiger partial charge in [0.05, 0.1) is 5.56 Å². The van der Waals surface area contributed by atoms with Crippen molar-refractivity contribution in [1.29, 1.82) is 0 Å². The molecule has 1 aromatic carbocycles. The summed E-state index contributed by atoms with van der Waals surface area (Å²) in [6.07, 6.45) is 2.27. The number of phenolic OH excluding ortho intramolecular Hbond substituents is 2. The van der Waals surface area contributed by atoms with Crippen LogP contribution in [0.3, 0.4) is 0 Å². The fourth-order valence-corrected chi connectivity index (χ4v) is 1.30. The smallest absolute Gasteiger partial charge is 0.336 e. The third-order valence-electron chi connectivity index (χ3n) is 2.16. The first-order valence-electron chi connectivity index (χ1n) is 4.83. The third kappa shape index (κ3) is 2.76. The van der Waals surface area contributed by atoms with E-state index in [1.807, 2.05) is 19.9 Å². The number of carboxylic acid groups (broad SMARTS) is 1. The first-order chi connectivity index (χ1) is 7.41. The van der Waals surface area contributed by atoms with Gasteiger partial charge in [-0.1, -0.05) is 11.6 Å². The summed E-state index contributed by atoms with van der Waals surface area (Å²) in [5.41, 5.74) is 1.54. The molecule has 0 radical (unpaired) electrons. The molecular formula is C12H14O4. The summed E-state index contributed by atoms with van der Waals surface area (Å²) in [7, 11) is 0. The van der Waals surface area contributed by atoms with Gasteiger partial charge in [0.1, 0.15) is 0 Å². The number of aromatic hydroxyl groups is 2. The molecule has 0 aliphatic rings. The number of hydrogen-bond donors (Lipinski definition) is 3. The van der Waals surface area contributed by atoms with Crippen LogP contribution in [-0.2, 0) is 6.42 Å². The molecule has 16 heavy (non-hydrogen) atoms. The highest BCUT2D eigenvalue weighted by molar-refractivity contribution is 5.90. The average Bonchev–Trinajstić information content (AvgIpc) is 2.18. The normalized spacial score (nSPS) is 9.88. The maximum atomic E-state index is 10.9. The maximum Gasteiger partial charge on any atom is 0.336 e. The fraction of sp³-hybridized carbons (Fsp3) is 0.250. The standard InChI is InChI=1S/C12H14O4/c1-7(2)3-4-8-5-10(13)11(14)6-9(8)12(15)16/h3,5-6,13-14H,4H2,1-2H3,(H,15,16). The van der Waals surface area contributed by atoms with Gasteiger partial charge < -0.3 is 15.3 Å². The van der Waals surface area contributed by atoms with Crippen molar-refractivity contribution in [3.63, 3.8) is 0 Å². The lowest BCUT2D eigenvalue weighted by atomic mass is 10.0. The van der Waals surface area contributed by atoms with Gasteiger partial charge in [-0.2, -0.15) is 0 Å². The minimum Gasteiger partial charge on any atom is -0.504 e. The van der Waals surface area contributed by atoms with E-state index in [0.29, 0.717) is 12.0 Å². The highest BCUT2D eigenvalue weighted by atomic mass is 16.4. The van der Waals surface area contributed by atoms with Crippen molar-refractivity contribution in [2.45, 2.75) is 20.3 Å². The van der Waals surface area contributed by atoms with E-state index in [1.54, 1.807) is 0 Å². The van der Waals surface area contributed by atoms with Crippen LogP contribution < -0.4 is 0 Å². The molecule has 0 unspecified atom stereocenters. The van der Waals surface area contributed by atoms with E-state index in [0.717, 1.165) is 11.6 Å². The van der Waals surface area contributed by atoms with E-state index in [9.17, 15) is 15.0 Å². The summed E-state index contributed by atoms with van der Waals surface area (Å²) in [5, 5.41) is 27.5. The van der Waals surface area contributed by atoms with Gasteiger partial charge in [-0.25, -0.2) is 4.79 Å². The lowest BCUT2D eigenvalue weighted by Gasteiger charge is -2.06. The molecule has 1 rings (SSSR count). The number of allylic oxidation sites excluding steroid dienone is 2. The molecule has 0 amide bonds. The summed E-state index contributed by atoms with van der Waals surface area (Å²) >= 11 is 0. The van der Waals surface area contributed by atoms with Crippen LogP contribution in [0.5, 0.6) is 11.5 Å². The molecule has 3 N–H and O–H groups in total. The predicted molar refractivity (Wildman–Crippen MR) is 59.9 cm³/mol. The van der Waals surface area contributed by atoms with Crippen LogP contribution in [0.15, 0.2) is 23.8 Å². The Hall–Kier alpha value is -1.97. The van der Waals surface area contributed by atoms with Crippen molar-refractivity contribution < 1.29 is 20.1 Å². The SMILES string of the molecule is CC(C)=CCc1cc(O)c(O)cc1C(=O)O. The molecule has 0 heterocycles. The first kappa shape index (κ1) is 12.1. The van der Waals surface area contributed by atoms with Gasteiger partial charge in [-0.05, 0) is 38.0 Å². The molecule has 4 heteroatoms. The van der Waals surface area contributed by atoms with Gasteiger partial charge in [0.25, 0.3) is 0 Å². The Morgan fingerprint density at radius 3 is 2.31 bits per heavy atom. The Kier molecular flexibility index (Phi) is 3.55. The lowest BCUT2D eigenvalue weighted by molar-refractivity contribution is 0.0695. The molecule has 86 valence electrons. The Balaban J connectivity index is 3.20. The summed E-state index contributed by atoms with van der Waals surface area (Å²) in [6.45, 7) is 3.81.